The predicted octanol–water partition coefficient (Wildman–Crippen LogP) is 1.20. The fraction of sp³-hybridized carbons (Fsp3) is 0.429. The third-order valence-electron chi connectivity index (χ3n) is 3.02. The van der Waals surface area contributed by atoms with E-state index >= 15 is 0 Å². The van der Waals surface area contributed by atoms with Gasteiger partial charge < -0.3 is 15.5 Å². The number of rotatable bonds is 6. The number of halogens is 1. The van der Waals surface area contributed by atoms with Gasteiger partial charge in [0.2, 0.25) is 11.8 Å². The van der Waals surface area contributed by atoms with Gasteiger partial charge in [0.25, 0.3) is 0 Å². The highest BCUT2D eigenvalue weighted by Crippen LogP contribution is 2.21. The molecule has 1 rings (SSSR count). The van der Waals surface area contributed by atoms with Crippen molar-refractivity contribution in [1.82, 2.24) is 15.5 Å². The van der Waals surface area contributed by atoms with Crippen molar-refractivity contribution in [3.63, 3.8) is 0 Å². The maximum atomic E-state index is 11.9. The van der Waals surface area contributed by atoms with E-state index in [0.29, 0.717) is 5.02 Å². The normalized spacial score (nSPS) is 11.8. The summed E-state index contributed by atoms with van der Waals surface area (Å²) in [6, 6.07) is 7.45. The van der Waals surface area contributed by atoms with Gasteiger partial charge in [-0.3, -0.25) is 9.59 Å². The molecule has 5 nitrogen and oxygen atoms in total. The Labute approximate surface area is 124 Å². The van der Waals surface area contributed by atoms with E-state index in [1.54, 1.807) is 14.1 Å². The largest absolute Gasteiger partial charge is 0.358 e. The molecule has 0 spiro atoms. The first kappa shape index (κ1) is 16.5. The maximum Gasteiger partial charge on any atom is 0.239 e. The highest BCUT2D eigenvalue weighted by Gasteiger charge is 2.14. The molecular weight excluding hydrogens is 278 g/mol. The van der Waals surface area contributed by atoms with Gasteiger partial charge in [-0.15, -0.1) is 0 Å². The summed E-state index contributed by atoms with van der Waals surface area (Å²) in [5.74, 6) is -0.340. The summed E-state index contributed by atoms with van der Waals surface area (Å²) in [7, 11) is 3.14. The molecule has 0 aliphatic carbocycles. The minimum atomic E-state index is -0.194. The Morgan fingerprint density at radius 2 is 2.00 bits per heavy atom. The smallest absolute Gasteiger partial charge is 0.239 e. The molecule has 0 aromatic heterocycles. The fourth-order valence-corrected chi connectivity index (χ4v) is 1.99. The van der Waals surface area contributed by atoms with Crippen molar-refractivity contribution in [3.8, 4) is 0 Å². The molecule has 6 heteroatoms. The first-order valence-electron chi connectivity index (χ1n) is 6.38. The lowest BCUT2D eigenvalue weighted by Gasteiger charge is -2.19. The van der Waals surface area contributed by atoms with Crippen molar-refractivity contribution in [2.75, 3.05) is 27.2 Å². The molecule has 0 heterocycles. The van der Waals surface area contributed by atoms with Gasteiger partial charge in [-0.2, -0.15) is 0 Å². The van der Waals surface area contributed by atoms with Gasteiger partial charge in [-0.05, 0) is 18.6 Å². The SMILES string of the molecule is CNC(=O)CN(C)C(=O)CN[C@@H](C)c1ccccc1Cl. The van der Waals surface area contributed by atoms with Gasteiger partial charge in [0.05, 0.1) is 13.1 Å². The van der Waals surface area contributed by atoms with Gasteiger partial charge in [-0.25, -0.2) is 0 Å². The number of likely N-dealkylation sites (N-methyl/N-ethyl adjacent to an activating group) is 2. The molecule has 2 amide bonds. The topological polar surface area (TPSA) is 61.4 Å². The van der Waals surface area contributed by atoms with Crippen LogP contribution in [0.4, 0.5) is 0 Å². The second-order valence-electron chi connectivity index (χ2n) is 4.55. The summed E-state index contributed by atoms with van der Waals surface area (Å²) in [5.41, 5.74) is 0.941. The van der Waals surface area contributed by atoms with Crippen LogP contribution in [0.3, 0.4) is 0 Å². The fourth-order valence-electron chi connectivity index (χ4n) is 1.69. The molecule has 0 bridgehead atoms. The third kappa shape index (κ3) is 4.83. The van der Waals surface area contributed by atoms with E-state index in [9.17, 15) is 9.59 Å². The minimum Gasteiger partial charge on any atom is -0.358 e. The molecule has 0 saturated carbocycles. The van der Waals surface area contributed by atoms with Gasteiger partial charge in [-0.1, -0.05) is 29.8 Å². The van der Waals surface area contributed by atoms with Gasteiger partial charge in [0, 0.05) is 25.2 Å². The molecule has 0 aliphatic heterocycles. The molecule has 0 unspecified atom stereocenters. The number of nitrogens with zero attached hydrogens (tertiary/aromatic N) is 1. The summed E-state index contributed by atoms with van der Waals surface area (Å²) in [4.78, 5) is 24.4. The monoisotopic (exact) mass is 297 g/mol. The number of carbonyl (C=O) groups excluding carboxylic acids is 2. The number of amides is 2. The number of nitrogens with one attached hydrogen (secondary N) is 2. The van der Waals surface area contributed by atoms with Crippen LogP contribution < -0.4 is 10.6 Å². The van der Waals surface area contributed by atoms with Gasteiger partial charge in [0.1, 0.15) is 0 Å². The summed E-state index contributed by atoms with van der Waals surface area (Å²) in [5, 5.41) is 6.25. The molecule has 1 atom stereocenters. The first-order valence-corrected chi connectivity index (χ1v) is 6.75. The number of carbonyl (C=O) groups is 2. The van der Waals surface area contributed by atoms with E-state index in [0.717, 1.165) is 5.56 Å². The second-order valence-corrected chi connectivity index (χ2v) is 4.95. The van der Waals surface area contributed by atoms with Crippen molar-refractivity contribution in [2.24, 2.45) is 0 Å². The van der Waals surface area contributed by atoms with Crippen LogP contribution in [-0.2, 0) is 9.59 Å². The summed E-state index contributed by atoms with van der Waals surface area (Å²) >= 11 is 6.10. The minimum absolute atomic E-state index is 0.0407. The van der Waals surface area contributed by atoms with Gasteiger partial charge >= 0.3 is 0 Å². The Kier molecular flexibility index (Phi) is 6.48. The lowest BCUT2D eigenvalue weighted by atomic mass is 10.1. The van der Waals surface area contributed by atoms with E-state index in [1.807, 2.05) is 31.2 Å². The summed E-state index contributed by atoms with van der Waals surface area (Å²) in [6.45, 7) is 2.14. The molecule has 2 N–H and O–H groups in total. The Hall–Kier alpha value is -1.59. The van der Waals surface area contributed by atoms with Crippen molar-refractivity contribution in [1.29, 1.82) is 0 Å². The van der Waals surface area contributed by atoms with Crippen molar-refractivity contribution in [2.45, 2.75) is 13.0 Å². The predicted molar refractivity (Wildman–Crippen MR) is 79.6 cm³/mol. The van der Waals surface area contributed by atoms with E-state index in [2.05, 4.69) is 10.6 Å². The van der Waals surface area contributed by atoms with E-state index < -0.39 is 0 Å². The van der Waals surface area contributed by atoms with Crippen LogP contribution in [0.1, 0.15) is 18.5 Å². The average molecular weight is 298 g/mol. The number of hydrogen-bond donors (Lipinski definition) is 2. The zero-order valence-electron chi connectivity index (χ0n) is 11.9. The molecule has 0 radical (unpaired) electrons. The average Bonchev–Trinajstić information content (AvgIpc) is 2.44. The van der Waals surface area contributed by atoms with Crippen molar-refractivity contribution < 1.29 is 9.59 Å². The molecule has 0 aliphatic rings. The Bertz CT molecular complexity index is 479. The van der Waals surface area contributed by atoms with Crippen LogP contribution in [0.2, 0.25) is 5.02 Å². The van der Waals surface area contributed by atoms with E-state index in [1.165, 1.54) is 4.90 Å². The lowest BCUT2D eigenvalue weighted by molar-refractivity contribution is -0.133. The Balaban J connectivity index is 2.48. The molecule has 0 fully saturated rings. The summed E-state index contributed by atoms with van der Waals surface area (Å²) in [6.07, 6.45) is 0. The zero-order valence-corrected chi connectivity index (χ0v) is 12.7. The zero-order chi connectivity index (χ0) is 15.1. The van der Waals surface area contributed by atoms with Crippen LogP contribution in [0.25, 0.3) is 0 Å². The van der Waals surface area contributed by atoms with Crippen molar-refractivity contribution >= 4 is 23.4 Å². The van der Waals surface area contributed by atoms with E-state index in [-0.39, 0.29) is 30.9 Å². The molecule has 110 valence electrons. The standard InChI is InChI=1S/C14H20ClN3O2/c1-10(11-6-4-5-7-12(11)15)17-8-14(20)18(3)9-13(19)16-2/h4-7,10,17H,8-9H2,1-3H3,(H,16,19)/t10-/m0/s1. The first-order chi connectivity index (χ1) is 9.45. The van der Waals surface area contributed by atoms with Crippen LogP contribution >= 0.6 is 11.6 Å². The highest BCUT2D eigenvalue weighted by atomic mass is 35.5. The third-order valence-corrected chi connectivity index (χ3v) is 3.36. The Morgan fingerprint density at radius 3 is 2.60 bits per heavy atom. The second kappa shape index (κ2) is 7.87. The van der Waals surface area contributed by atoms with Gasteiger partial charge in [0.15, 0.2) is 0 Å². The van der Waals surface area contributed by atoms with Crippen LogP contribution in [0, 0.1) is 0 Å². The van der Waals surface area contributed by atoms with Crippen LogP contribution in [0.15, 0.2) is 24.3 Å². The van der Waals surface area contributed by atoms with E-state index in [4.69, 9.17) is 11.6 Å². The number of benzene rings is 1. The Morgan fingerprint density at radius 1 is 1.35 bits per heavy atom. The lowest BCUT2D eigenvalue weighted by Crippen LogP contribution is -2.41. The highest BCUT2D eigenvalue weighted by molar-refractivity contribution is 6.31. The summed E-state index contributed by atoms with van der Waals surface area (Å²) < 4.78 is 0. The molecule has 1 aromatic rings. The molecule has 20 heavy (non-hydrogen) atoms. The molecule has 1 aromatic carbocycles. The van der Waals surface area contributed by atoms with Crippen molar-refractivity contribution in [3.05, 3.63) is 34.9 Å². The van der Waals surface area contributed by atoms with Crippen LogP contribution in [-0.4, -0.2) is 43.9 Å². The quantitative estimate of drug-likeness (QED) is 0.829. The number of hydrogen-bond acceptors (Lipinski definition) is 3. The molecular formula is C14H20ClN3O2. The van der Waals surface area contributed by atoms with Crippen LogP contribution in [0.5, 0.6) is 0 Å². The molecule has 0 saturated heterocycles. The maximum absolute atomic E-state index is 11.9.